The molecule has 28 heavy (non-hydrogen) atoms. The minimum Gasteiger partial charge on any atom is -0.494 e. The first-order valence-corrected chi connectivity index (χ1v) is 10.9. The number of unbranched alkanes of at least 4 members (excludes halogenated alkanes) is 4. The maximum atomic E-state index is 5.90. The maximum absolute atomic E-state index is 5.90. The van der Waals surface area contributed by atoms with Crippen molar-refractivity contribution in [2.75, 3.05) is 26.2 Å². The number of ether oxygens (including phenoxy) is 1. The van der Waals surface area contributed by atoms with Gasteiger partial charge in [-0.1, -0.05) is 68.1 Å². The topological polar surface area (TPSA) is 12.5 Å². The summed E-state index contributed by atoms with van der Waals surface area (Å²) in [7, 11) is 0. The predicted octanol–water partition coefficient (Wildman–Crippen LogP) is 6.51. The van der Waals surface area contributed by atoms with Crippen LogP contribution in [0, 0.1) is 0 Å². The summed E-state index contributed by atoms with van der Waals surface area (Å²) in [6.07, 6.45) is 11.8. The van der Waals surface area contributed by atoms with Gasteiger partial charge in [0.15, 0.2) is 0 Å². The third kappa shape index (κ3) is 8.67. The Hall–Kier alpha value is -1.51. The van der Waals surface area contributed by atoms with Crippen LogP contribution in [0.1, 0.15) is 62.5 Å². The van der Waals surface area contributed by atoms with E-state index in [1.807, 2.05) is 0 Å². The summed E-state index contributed by atoms with van der Waals surface area (Å²) in [5, 5.41) is 0. The van der Waals surface area contributed by atoms with Crippen molar-refractivity contribution in [2.24, 2.45) is 0 Å². The van der Waals surface area contributed by atoms with Gasteiger partial charge in [-0.2, -0.15) is 0 Å². The average molecular weight is 402 g/mol. The molecular formula is C25H36ClNO. The van der Waals surface area contributed by atoms with Crippen molar-refractivity contribution in [3.8, 4) is 5.75 Å². The van der Waals surface area contributed by atoms with Crippen molar-refractivity contribution in [3.05, 3.63) is 65.7 Å². The maximum Gasteiger partial charge on any atom is 0.119 e. The molecule has 2 aromatic rings. The minimum absolute atomic E-state index is 0. The number of nitrogens with zero attached hydrogens (tertiary/aromatic N) is 1. The van der Waals surface area contributed by atoms with Gasteiger partial charge in [0.2, 0.25) is 0 Å². The molecule has 1 heterocycles. The third-order valence-corrected chi connectivity index (χ3v) is 5.51. The Kier molecular flexibility index (Phi) is 11.1. The van der Waals surface area contributed by atoms with Crippen LogP contribution in [0.4, 0.5) is 0 Å². The zero-order chi connectivity index (χ0) is 18.6. The lowest BCUT2D eigenvalue weighted by Gasteiger charge is -2.26. The molecule has 0 unspecified atom stereocenters. The molecule has 0 amide bonds. The number of benzene rings is 2. The normalized spacial score (nSPS) is 14.4. The van der Waals surface area contributed by atoms with Crippen molar-refractivity contribution in [1.82, 2.24) is 4.90 Å². The van der Waals surface area contributed by atoms with Gasteiger partial charge in [0, 0.05) is 0 Å². The number of piperidine rings is 1. The summed E-state index contributed by atoms with van der Waals surface area (Å²) >= 11 is 0. The Balaban J connectivity index is 0.00000280. The molecule has 1 aliphatic heterocycles. The van der Waals surface area contributed by atoms with Crippen molar-refractivity contribution in [2.45, 2.75) is 57.8 Å². The molecule has 1 saturated heterocycles. The fraction of sp³-hybridized carbons (Fsp3) is 0.520. The highest BCUT2D eigenvalue weighted by molar-refractivity contribution is 5.85. The number of hydrogen-bond donors (Lipinski definition) is 0. The fourth-order valence-corrected chi connectivity index (χ4v) is 3.88. The summed E-state index contributed by atoms with van der Waals surface area (Å²) in [6, 6.07) is 19.2. The lowest BCUT2D eigenvalue weighted by atomic mass is 10.1. The van der Waals surface area contributed by atoms with E-state index in [-0.39, 0.29) is 12.4 Å². The molecule has 3 heteroatoms. The van der Waals surface area contributed by atoms with Gasteiger partial charge in [-0.25, -0.2) is 0 Å². The van der Waals surface area contributed by atoms with E-state index in [2.05, 4.69) is 59.5 Å². The quantitative estimate of drug-likeness (QED) is 0.397. The van der Waals surface area contributed by atoms with E-state index < -0.39 is 0 Å². The highest BCUT2D eigenvalue weighted by Crippen LogP contribution is 2.16. The molecule has 0 bridgehead atoms. The zero-order valence-corrected chi connectivity index (χ0v) is 18.0. The van der Waals surface area contributed by atoms with E-state index in [0.29, 0.717) is 0 Å². The smallest absolute Gasteiger partial charge is 0.119 e. The number of halogens is 1. The molecule has 2 nitrogen and oxygen atoms in total. The predicted molar refractivity (Wildman–Crippen MR) is 122 cm³/mol. The summed E-state index contributed by atoms with van der Waals surface area (Å²) in [4.78, 5) is 2.65. The number of hydrogen-bond acceptors (Lipinski definition) is 2. The summed E-state index contributed by atoms with van der Waals surface area (Å²) < 4.78 is 5.90. The van der Waals surface area contributed by atoms with Crippen LogP contribution in [-0.2, 0) is 6.42 Å². The van der Waals surface area contributed by atoms with Gasteiger partial charge in [-0.3, -0.25) is 0 Å². The van der Waals surface area contributed by atoms with Gasteiger partial charge in [-0.15, -0.1) is 12.4 Å². The molecule has 0 radical (unpaired) electrons. The van der Waals surface area contributed by atoms with E-state index in [0.717, 1.165) is 25.2 Å². The van der Waals surface area contributed by atoms with Crippen LogP contribution in [0.3, 0.4) is 0 Å². The van der Waals surface area contributed by atoms with E-state index in [9.17, 15) is 0 Å². The van der Waals surface area contributed by atoms with Crippen molar-refractivity contribution in [1.29, 1.82) is 0 Å². The minimum atomic E-state index is 0. The van der Waals surface area contributed by atoms with Crippen LogP contribution in [0.15, 0.2) is 54.6 Å². The first kappa shape index (κ1) is 22.8. The average Bonchev–Trinajstić information content (AvgIpc) is 2.73. The van der Waals surface area contributed by atoms with Crippen LogP contribution < -0.4 is 4.74 Å². The molecule has 0 N–H and O–H groups in total. The second-order valence-corrected chi connectivity index (χ2v) is 7.82. The van der Waals surface area contributed by atoms with E-state index in [4.69, 9.17) is 4.74 Å². The first-order chi connectivity index (χ1) is 13.4. The van der Waals surface area contributed by atoms with Crippen molar-refractivity contribution >= 4 is 12.4 Å². The van der Waals surface area contributed by atoms with Gasteiger partial charge in [0.1, 0.15) is 5.75 Å². The van der Waals surface area contributed by atoms with E-state index in [1.54, 1.807) is 0 Å². The molecular weight excluding hydrogens is 366 g/mol. The molecule has 0 aromatic heterocycles. The Labute approximate surface area is 177 Å². The van der Waals surface area contributed by atoms with Crippen molar-refractivity contribution in [3.63, 3.8) is 0 Å². The molecule has 0 aliphatic carbocycles. The number of likely N-dealkylation sites (tertiary alicyclic amines) is 1. The van der Waals surface area contributed by atoms with E-state index in [1.165, 1.54) is 75.7 Å². The largest absolute Gasteiger partial charge is 0.494 e. The Morgan fingerprint density at radius 3 is 2.07 bits per heavy atom. The van der Waals surface area contributed by atoms with Crippen LogP contribution in [0.2, 0.25) is 0 Å². The summed E-state index contributed by atoms with van der Waals surface area (Å²) in [6.45, 7) is 4.81. The molecule has 2 aromatic carbocycles. The van der Waals surface area contributed by atoms with Crippen LogP contribution in [-0.4, -0.2) is 31.1 Å². The molecule has 154 valence electrons. The zero-order valence-electron chi connectivity index (χ0n) is 17.2. The third-order valence-electron chi connectivity index (χ3n) is 5.51. The summed E-state index contributed by atoms with van der Waals surface area (Å²) in [5.41, 5.74) is 2.69. The van der Waals surface area contributed by atoms with Gasteiger partial charge < -0.3 is 9.64 Å². The standard InChI is InChI=1S/C25H35NO.ClH/c1(2-8-18-26-19-9-5-10-20-26)3-11-21-27-25-16-14-24(15-17-25)22-23-12-6-4-7-13-23;/h4,6-7,12-17H,1-3,5,8-11,18-22H2;1H. The Morgan fingerprint density at radius 1 is 0.679 bits per heavy atom. The Morgan fingerprint density at radius 2 is 1.32 bits per heavy atom. The van der Waals surface area contributed by atoms with Gasteiger partial charge >= 0.3 is 0 Å². The van der Waals surface area contributed by atoms with Gasteiger partial charge in [0.05, 0.1) is 6.61 Å². The highest BCUT2D eigenvalue weighted by atomic mass is 35.5. The first-order valence-electron chi connectivity index (χ1n) is 10.9. The molecule has 0 atom stereocenters. The van der Waals surface area contributed by atoms with Gasteiger partial charge in [0.25, 0.3) is 0 Å². The van der Waals surface area contributed by atoms with Crippen LogP contribution >= 0.6 is 12.4 Å². The Bertz CT molecular complexity index is 623. The SMILES string of the molecule is Cl.c1ccc(Cc2ccc(OCCCCCCCN3CCCCC3)cc2)cc1. The van der Waals surface area contributed by atoms with Gasteiger partial charge in [-0.05, 0) is 75.0 Å². The molecule has 3 rings (SSSR count). The second-order valence-electron chi connectivity index (χ2n) is 7.82. The fourth-order valence-electron chi connectivity index (χ4n) is 3.88. The lowest BCUT2D eigenvalue weighted by molar-refractivity contribution is 0.223. The van der Waals surface area contributed by atoms with E-state index >= 15 is 0 Å². The monoisotopic (exact) mass is 401 g/mol. The number of rotatable bonds is 11. The van der Waals surface area contributed by atoms with Crippen molar-refractivity contribution < 1.29 is 4.74 Å². The molecule has 0 saturated carbocycles. The lowest BCUT2D eigenvalue weighted by Crippen LogP contribution is -2.30. The molecule has 1 fully saturated rings. The second kappa shape index (κ2) is 13.6. The molecule has 1 aliphatic rings. The molecule has 0 spiro atoms. The highest BCUT2D eigenvalue weighted by Gasteiger charge is 2.08. The van der Waals surface area contributed by atoms with Crippen LogP contribution in [0.5, 0.6) is 5.75 Å². The summed E-state index contributed by atoms with van der Waals surface area (Å²) in [5.74, 6) is 0.997. The van der Waals surface area contributed by atoms with Crippen LogP contribution in [0.25, 0.3) is 0 Å².